The van der Waals surface area contributed by atoms with Crippen molar-refractivity contribution in [2.45, 2.75) is 0 Å². The topological polar surface area (TPSA) is 85.7 Å². The number of aromatic nitrogens is 2. The SMILES string of the molecule is Cn1cccn/c1=N\N=C\c1ccc([N+](=O)[O-])cc1. The van der Waals surface area contributed by atoms with Gasteiger partial charge in [-0.25, -0.2) is 4.98 Å². The predicted octanol–water partition coefficient (Wildman–Crippen LogP) is 1.26. The van der Waals surface area contributed by atoms with E-state index >= 15 is 0 Å². The van der Waals surface area contributed by atoms with Crippen LogP contribution >= 0.6 is 0 Å². The molecule has 0 saturated carbocycles. The summed E-state index contributed by atoms with van der Waals surface area (Å²) in [5.74, 6) is 0. The highest BCUT2D eigenvalue weighted by atomic mass is 16.6. The van der Waals surface area contributed by atoms with Gasteiger partial charge in [-0.1, -0.05) is 0 Å². The van der Waals surface area contributed by atoms with Crippen LogP contribution < -0.4 is 5.62 Å². The molecule has 2 rings (SSSR count). The highest BCUT2D eigenvalue weighted by Crippen LogP contribution is 2.10. The second kappa shape index (κ2) is 5.67. The van der Waals surface area contributed by atoms with E-state index in [4.69, 9.17) is 0 Å². The highest BCUT2D eigenvalue weighted by Gasteiger charge is 2.02. The summed E-state index contributed by atoms with van der Waals surface area (Å²) in [5.41, 5.74) is 1.25. The smallest absolute Gasteiger partial charge is 0.269 e. The molecule has 7 nitrogen and oxygen atoms in total. The van der Waals surface area contributed by atoms with Gasteiger partial charge in [0.05, 0.1) is 11.1 Å². The van der Waals surface area contributed by atoms with Crippen LogP contribution in [0, 0.1) is 10.1 Å². The van der Waals surface area contributed by atoms with E-state index in [0.29, 0.717) is 5.62 Å². The molecule has 0 atom stereocenters. The number of nitro groups is 1. The first-order chi connectivity index (χ1) is 9.16. The molecule has 0 saturated heterocycles. The molecule has 0 spiro atoms. The van der Waals surface area contributed by atoms with Crippen molar-refractivity contribution in [3.05, 3.63) is 64.0 Å². The van der Waals surface area contributed by atoms with Crippen LogP contribution in [0.25, 0.3) is 0 Å². The zero-order valence-electron chi connectivity index (χ0n) is 10.2. The fourth-order valence-electron chi connectivity index (χ4n) is 1.36. The first-order valence-corrected chi connectivity index (χ1v) is 5.46. The normalized spacial score (nSPS) is 11.9. The summed E-state index contributed by atoms with van der Waals surface area (Å²) in [5, 5.41) is 18.3. The van der Waals surface area contributed by atoms with Crippen molar-refractivity contribution in [1.82, 2.24) is 9.55 Å². The number of hydrogen-bond donors (Lipinski definition) is 0. The number of rotatable bonds is 3. The zero-order valence-corrected chi connectivity index (χ0v) is 10.2. The van der Waals surface area contributed by atoms with E-state index in [-0.39, 0.29) is 5.69 Å². The van der Waals surface area contributed by atoms with Crippen molar-refractivity contribution in [3.63, 3.8) is 0 Å². The van der Waals surface area contributed by atoms with E-state index in [9.17, 15) is 10.1 Å². The Morgan fingerprint density at radius 2 is 2.11 bits per heavy atom. The van der Waals surface area contributed by atoms with Crippen molar-refractivity contribution in [2.24, 2.45) is 17.3 Å². The lowest BCUT2D eigenvalue weighted by Gasteiger charge is -1.94. The third-order valence-corrected chi connectivity index (χ3v) is 2.36. The molecule has 0 aliphatic rings. The van der Waals surface area contributed by atoms with Crippen molar-refractivity contribution in [2.75, 3.05) is 0 Å². The average molecular weight is 257 g/mol. The Kier molecular flexibility index (Phi) is 3.77. The van der Waals surface area contributed by atoms with E-state index in [2.05, 4.69) is 15.2 Å². The van der Waals surface area contributed by atoms with Crippen molar-refractivity contribution >= 4 is 11.9 Å². The first-order valence-electron chi connectivity index (χ1n) is 5.46. The minimum Gasteiger partial charge on any atom is -0.319 e. The lowest BCUT2D eigenvalue weighted by atomic mass is 10.2. The van der Waals surface area contributed by atoms with Crippen LogP contribution in [0.15, 0.2) is 52.9 Å². The van der Waals surface area contributed by atoms with Gasteiger partial charge in [0.1, 0.15) is 0 Å². The molecule has 0 aliphatic heterocycles. The minimum atomic E-state index is -0.445. The Hall–Kier alpha value is -2.83. The molecule has 0 radical (unpaired) electrons. The maximum Gasteiger partial charge on any atom is 0.269 e. The Labute approximate surface area is 108 Å². The summed E-state index contributed by atoms with van der Waals surface area (Å²) in [4.78, 5) is 14.1. The van der Waals surface area contributed by atoms with Gasteiger partial charge in [0.2, 0.25) is 5.62 Å². The largest absolute Gasteiger partial charge is 0.319 e. The molecule has 0 N–H and O–H groups in total. The van der Waals surface area contributed by atoms with Crippen LogP contribution in [-0.2, 0) is 7.05 Å². The molecule has 0 bridgehead atoms. The van der Waals surface area contributed by atoms with Gasteiger partial charge in [0, 0.05) is 31.6 Å². The summed E-state index contributed by atoms with van der Waals surface area (Å²) in [6, 6.07) is 7.84. The maximum absolute atomic E-state index is 10.5. The number of nitrogens with zero attached hydrogens (tertiary/aromatic N) is 5. The molecule has 7 heteroatoms. The van der Waals surface area contributed by atoms with Gasteiger partial charge in [-0.2, -0.15) is 5.10 Å². The molecule has 1 aromatic carbocycles. The van der Waals surface area contributed by atoms with Gasteiger partial charge in [-0.05, 0) is 23.8 Å². The van der Waals surface area contributed by atoms with Crippen LogP contribution in [0.1, 0.15) is 5.56 Å². The second-order valence-corrected chi connectivity index (χ2v) is 3.72. The molecular formula is C12H11N5O2. The van der Waals surface area contributed by atoms with Gasteiger partial charge in [0.25, 0.3) is 5.69 Å². The highest BCUT2D eigenvalue weighted by molar-refractivity contribution is 5.79. The van der Waals surface area contributed by atoms with Gasteiger partial charge in [-0.3, -0.25) is 10.1 Å². The first kappa shape index (κ1) is 12.6. The van der Waals surface area contributed by atoms with Crippen molar-refractivity contribution in [3.8, 4) is 0 Å². The van der Waals surface area contributed by atoms with E-state index in [1.807, 2.05) is 13.2 Å². The average Bonchev–Trinajstić information content (AvgIpc) is 2.41. The van der Waals surface area contributed by atoms with E-state index in [1.165, 1.54) is 18.3 Å². The molecule has 19 heavy (non-hydrogen) atoms. The third-order valence-electron chi connectivity index (χ3n) is 2.36. The Bertz CT molecular complexity index is 673. The Morgan fingerprint density at radius 3 is 2.74 bits per heavy atom. The summed E-state index contributed by atoms with van der Waals surface area (Å²) in [6.07, 6.45) is 4.95. The van der Waals surface area contributed by atoms with E-state index in [0.717, 1.165) is 5.56 Å². The Morgan fingerprint density at radius 1 is 1.37 bits per heavy atom. The maximum atomic E-state index is 10.5. The van der Waals surface area contributed by atoms with Crippen LogP contribution in [0.5, 0.6) is 0 Å². The second-order valence-electron chi connectivity index (χ2n) is 3.72. The number of nitro benzene ring substituents is 1. The van der Waals surface area contributed by atoms with Crippen LogP contribution in [0.3, 0.4) is 0 Å². The van der Waals surface area contributed by atoms with Crippen LogP contribution in [0.2, 0.25) is 0 Å². The Balaban J connectivity index is 2.18. The molecular weight excluding hydrogens is 246 g/mol. The molecule has 2 aromatic rings. The van der Waals surface area contributed by atoms with E-state index < -0.39 is 4.92 Å². The van der Waals surface area contributed by atoms with Gasteiger partial charge >= 0.3 is 0 Å². The quantitative estimate of drug-likeness (QED) is 0.471. The third kappa shape index (κ3) is 3.32. The predicted molar refractivity (Wildman–Crippen MR) is 69.5 cm³/mol. The van der Waals surface area contributed by atoms with Crippen molar-refractivity contribution in [1.29, 1.82) is 0 Å². The van der Waals surface area contributed by atoms with Crippen LogP contribution in [-0.4, -0.2) is 20.7 Å². The standard InChI is InChI=1S/C12H11N5O2/c1-16-8-2-7-13-12(16)15-14-9-10-3-5-11(6-4-10)17(18)19/h2-9H,1H3/b14-9+,15-12+. The number of benzene rings is 1. The summed E-state index contributed by atoms with van der Waals surface area (Å²) < 4.78 is 1.73. The van der Waals surface area contributed by atoms with Gasteiger partial charge in [-0.15, -0.1) is 5.10 Å². The minimum absolute atomic E-state index is 0.0465. The van der Waals surface area contributed by atoms with Gasteiger partial charge in [0.15, 0.2) is 0 Å². The number of aryl methyl sites for hydroxylation is 1. The zero-order chi connectivity index (χ0) is 13.7. The molecule has 0 fully saturated rings. The fraction of sp³-hybridized carbons (Fsp3) is 0.0833. The molecule has 1 heterocycles. The van der Waals surface area contributed by atoms with Crippen molar-refractivity contribution < 1.29 is 4.92 Å². The van der Waals surface area contributed by atoms with Gasteiger partial charge < -0.3 is 4.57 Å². The molecule has 0 amide bonds. The molecule has 1 aromatic heterocycles. The van der Waals surface area contributed by atoms with E-state index in [1.54, 1.807) is 29.0 Å². The molecule has 96 valence electrons. The molecule has 0 unspecified atom stereocenters. The fourth-order valence-corrected chi connectivity index (χ4v) is 1.36. The van der Waals surface area contributed by atoms with Crippen LogP contribution in [0.4, 0.5) is 5.69 Å². The summed E-state index contributed by atoms with van der Waals surface area (Å²) >= 11 is 0. The number of hydrogen-bond acceptors (Lipinski definition) is 5. The molecule has 0 aliphatic carbocycles. The summed E-state index contributed by atoms with van der Waals surface area (Å²) in [7, 11) is 1.81. The summed E-state index contributed by atoms with van der Waals surface area (Å²) in [6.45, 7) is 0. The number of non-ortho nitro benzene ring substituents is 1. The monoisotopic (exact) mass is 257 g/mol. The lowest BCUT2D eigenvalue weighted by Crippen LogP contribution is -2.19. The lowest BCUT2D eigenvalue weighted by molar-refractivity contribution is -0.384.